The fraction of sp³-hybridized carbons (Fsp3) is 0.500. The summed E-state index contributed by atoms with van der Waals surface area (Å²) in [6.45, 7) is 8.26. The van der Waals surface area contributed by atoms with Crippen LogP contribution in [0.3, 0.4) is 0 Å². The van der Waals surface area contributed by atoms with Gasteiger partial charge in [0.1, 0.15) is 18.8 Å². The molecule has 206 valence electrons. The minimum absolute atomic E-state index is 0.172. The van der Waals surface area contributed by atoms with E-state index in [-0.39, 0.29) is 19.2 Å². The minimum Gasteiger partial charge on any atom is -0.445 e. The molecule has 0 aliphatic carbocycles. The van der Waals surface area contributed by atoms with Gasteiger partial charge in [-0.15, -0.1) is 0 Å². The number of benzene rings is 1. The predicted octanol–water partition coefficient (Wildman–Crippen LogP) is 4.83. The third-order valence-corrected chi connectivity index (χ3v) is 7.36. The number of carbonyl (C=O) groups is 4. The van der Waals surface area contributed by atoms with Gasteiger partial charge in [-0.25, -0.2) is 9.59 Å². The highest BCUT2D eigenvalue weighted by molar-refractivity contribution is 7.07. The molecule has 0 bridgehead atoms. The quantitative estimate of drug-likeness (QED) is 0.393. The molecule has 1 aliphatic rings. The molecular weight excluding hydrogens is 506 g/mol. The minimum atomic E-state index is -1.01. The van der Waals surface area contributed by atoms with Crippen LogP contribution < -0.4 is 10.6 Å². The van der Waals surface area contributed by atoms with E-state index < -0.39 is 41.4 Å². The van der Waals surface area contributed by atoms with Crippen LogP contribution in [0.2, 0.25) is 0 Å². The highest BCUT2D eigenvalue weighted by Gasteiger charge is 2.45. The molecule has 0 unspecified atom stereocenters. The van der Waals surface area contributed by atoms with Crippen LogP contribution in [0, 0.1) is 5.41 Å². The highest BCUT2D eigenvalue weighted by Crippen LogP contribution is 2.32. The van der Waals surface area contributed by atoms with E-state index in [4.69, 9.17) is 9.47 Å². The molecule has 1 aliphatic heterocycles. The number of Topliss-reactive ketones (excluding diaryl/α,β-unsaturated/α-hetero) is 1. The zero-order chi connectivity index (χ0) is 27.7. The number of nitrogens with one attached hydrogen (secondary N) is 2. The van der Waals surface area contributed by atoms with Crippen molar-refractivity contribution in [1.82, 2.24) is 15.5 Å². The van der Waals surface area contributed by atoms with Crippen molar-refractivity contribution < 1.29 is 28.7 Å². The van der Waals surface area contributed by atoms with Crippen molar-refractivity contribution >= 4 is 35.2 Å². The van der Waals surface area contributed by atoms with Gasteiger partial charge in [0.05, 0.1) is 12.6 Å². The number of ketones is 1. The Kier molecular flexibility index (Phi) is 10.3. The first-order valence-electron chi connectivity index (χ1n) is 12.9. The molecule has 2 N–H and O–H groups in total. The molecule has 1 saturated heterocycles. The Morgan fingerprint density at radius 3 is 2.53 bits per heavy atom. The summed E-state index contributed by atoms with van der Waals surface area (Å²) in [6.07, 6.45) is -0.125. The molecule has 1 fully saturated rings. The van der Waals surface area contributed by atoms with Gasteiger partial charge in [0, 0.05) is 17.5 Å². The van der Waals surface area contributed by atoms with Gasteiger partial charge in [0.25, 0.3) is 5.91 Å². The number of alkyl carbamates (subject to hydrolysis) is 1. The summed E-state index contributed by atoms with van der Waals surface area (Å²) in [4.78, 5) is 52.6. The van der Waals surface area contributed by atoms with Gasteiger partial charge in [-0.2, -0.15) is 11.3 Å². The van der Waals surface area contributed by atoms with E-state index in [1.54, 1.807) is 6.92 Å². The lowest BCUT2D eigenvalue weighted by molar-refractivity contribution is -0.139. The zero-order valence-electron chi connectivity index (χ0n) is 22.4. The summed E-state index contributed by atoms with van der Waals surface area (Å²) < 4.78 is 11.1. The van der Waals surface area contributed by atoms with Crippen molar-refractivity contribution in [3.63, 3.8) is 0 Å². The molecule has 1 aromatic carbocycles. The molecule has 0 spiro atoms. The zero-order valence-corrected chi connectivity index (χ0v) is 23.2. The summed E-state index contributed by atoms with van der Waals surface area (Å²) in [7, 11) is 0. The molecule has 38 heavy (non-hydrogen) atoms. The second kappa shape index (κ2) is 13.4. The maximum atomic E-state index is 13.0. The average molecular weight is 544 g/mol. The van der Waals surface area contributed by atoms with Gasteiger partial charge in [0.15, 0.2) is 0 Å². The molecule has 2 aromatic rings. The molecule has 9 nitrogen and oxygen atoms in total. The molecule has 0 radical (unpaired) electrons. The summed E-state index contributed by atoms with van der Waals surface area (Å²) in [5.41, 5.74) is 1.26. The van der Waals surface area contributed by atoms with Gasteiger partial charge in [0.2, 0.25) is 5.78 Å². The molecule has 1 aromatic heterocycles. The lowest BCUT2D eigenvalue weighted by Gasteiger charge is -2.26. The lowest BCUT2D eigenvalue weighted by Crippen LogP contribution is -2.49. The van der Waals surface area contributed by atoms with Crippen molar-refractivity contribution in [3.8, 4) is 0 Å². The Morgan fingerprint density at radius 2 is 1.87 bits per heavy atom. The molecule has 3 rings (SSSR count). The van der Waals surface area contributed by atoms with Gasteiger partial charge in [-0.05, 0) is 35.7 Å². The van der Waals surface area contributed by atoms with Crippen LogP contribution in [0.1, 0.15) is 64.1 Å². The van der Waals surface area contributed by atoms with Crippen LogP contribution in [-0.4, -0.2) is 54.0 Å². The summed E-state index contributed by atoms with van der Waals surface area (Å²) in [5, 5.41) is 9.13. The van der Waals surface area contributed by atoms with E-state index in [1.807, 2.05) is 67.9 Å². The van der Waals surface area contributed by atoms with Crippen molar-refractivity contribution in [2.45, 2.75) is 71.8 Å². The number of thiophene rings is 1. The van der Waals surface area contributed by atoms with Gasteiger partial charge in [-0.1, -0.05) is 63.9 Å². The van der Waals surface area contributed by atoms with E-state index in [0.717, 1.165) is 17.5 Å². The monoisotopic (exact) mass is 543 g/mol. The molecule has 3 atom stereocenters. The van der Waals surface area contributed by atoms with E-state index >= 15 is 0 Å². The van der Waals surface area contributed by atoms with Crippen LogP contribution in [0.4, 0.5) is 9.59 Å². The number of hydrogen-bond acceptors (Lipinski definition) is 7. The first-order chi connectivity index (χ1) is 18.1. The molecule has 2 heterocycles. The molecule has 0 saturated carbocycles. The van der Waals surface area contributed by atoms with E-state index in [2.05, 4.69) is 10.6 Å². The second-order valence-corrected chi connectivity index (χ2v) is 11.0. The van der Waals surface area contributed by atoms with Crippen LogP contribution >= 0.6 is 11.3 Å². The first-order valence-corrected chi connectivity index (χ1v) is 13.8. The summed E-state index contributed by atoms with van der Waals surface area (Å²) >= 11 is 1.53. The van der Waals surface area contributed by atoms with E-state index in [9.17, 15) is 19.2 Å². The maximum absolute atomic E-state index is 13.0. The molecule has 3 amide bonds. The number of carbonyl (C=O) groups excluding carboxylic acids is 4. The number of ether oxygens (including phenoxy) is 2. The number of rotatable bonds is 11. The van der Waals surface area contributed by atoms with Gasteiger partial charge < -0.3 is 25.0 Å². The van der Waals surface area contributed by atoms with Gasteiger partial charge in [-0.3, -0.25) is 9.59 Å². The fourth-order valence-corrected chi connectivity index (χ4v) is 4.94. The molecule has 10 heteroatoms. The Bertz CT molecular complexity index is 1090. The summed E-state index contributed by atoms with van der Waals surface area (Å²) in [6, 6.07) is 9.83. The van der Waals surface area contributed by atoms with E-state index in [0.29, 0.717) is 19.4 Å². The number of hydrogen-bond donors (Lipinski definition) is 2. The third kappa shape index (κ3) is 8.05. The first kappa shape index (κ1) is 29.2. The SMILES string of the molecule is CCCC[C@H](NC(=O)O[C@H]1CN(C(=O)OCc2ccsc2)CC1(C)C)C(=O)C(=O)N[C@H](C)c1ccccc1. The molecular formula is C28H37N3O6S. The standard InChI is InChI=1S/C28H37N3O6S/c1-5-6-12-22(24(32)25(33)29-19(2)21-10-8-7-9-11-21)30-26(34)37-23-15-31(18-28(23,3)4)27(35)36-16-20-13-14-38-17-20/h7-11,13-14,17,19,22-23H,5-6,12,15-16,18H2,1-4H3,(H,29,33)(H,30,34)/t19-,22+,23+/m1/s1. The van der Waals surface area contributed by atoms with Crippen molar-refractivity contribution in [2.75, 3.05) is 13.1 Å². The lowest BCUT2D eigenvalue weighted by atomic mass is 9.90. The van der Waals surface area contributed by atoms with E-state index in [1.165, 1.54) is 16.2 Å². The number of likely N-dealkylation sites (tertiary alicyclic amines) is 1. The topological polar surface area (TPSA) is 114 Å². The van der Waals surface area contributed by atoms with Crippen LogP contribution in [0.25, 0.3) is 0 Å². The Balaban J connectivity index is 1.56. The average Bonchev–Trinajstić information content (AvgIpc) is 3.52. The van der Waals surface area contributed by atoms with Crippen molar-refractivity contribution in [2.24, 2.45) is 5.41 Å². The highest BCUT2D eigenvalue weighted by atomic mass is 32.1. The number of nitrogens with zero attached hydrogens (tertiary/aromatic N) is 1. The Morgan fingerprint density at radius 1 is 1.13 bits per heavy atom. The van der Waals surface area contributed by atoms with Crippen LogP contribution in [0.15, 0.2) is 47.2 Å². The Hall–Kier alpha value is -3.40. The largest absolute Gasteiger partial charge is 0.445 e. The fourth-order valence-electron chi connectivity index (χ4n) is 4.29. The second-order valence-electron chi connectivity index (χ2n) is 10.3. The van der Waals surface area contributed by atoms with Crippen LogP contribution in [0.5, 0.6) is 0 Å². The third-order valence-electron chi connectivity index (χ3n) is 6.63. The Labute approximate surface area is 227 Å². The van der Waals surface area contributed by atoms with Crippen LogP contribution in [-0.2, 0) is 25.7 Å². The smallest absolute Gasteiger partial charge is 0.410 e. The number of unbranched alkanes of at least 4 members (excludes halogenated alkanes) is 1. The maximum Gasteiger partial charge on any atom is 0.410 e. The van der Waals surface area contributed by atoms with Gasteiger partial charge >= 0.3 is 12.2 Å². The summed E-state index contributed by atoms with van der Waals surface area (Å²) in [5.74, 6) is -1.48. The normalized spacial score (nSPS) is 17.8. The number of amides is 3. The van der Waals surface area contributed by atoms with Crippen molar-refractivity contribution in [3.05, 3.63) is 58.3 Å². The van der Waals surface area contributed by atoms with Crippen molar-refractivity contribution in [1.29, 1.82) is 0 Å². The predicted molar refractivity (Wildman–Crippen MR) is 145 cm³/mol.